The first-order valence-corrected chi connectivity index (χ1v) is 8.00. The van der Waals surface area contributed by atoms with Gasteiger partial charge in [0.25, 0.3) is 5.91 Å². The average Bonchev–Trinajstić information content (AvgIpc) is 3.07. The molecule has 0 fully saturated rings. The highest BCUT2D eigenvalue weighted by Gasteiger charge is 2.28. The molecule has 7 heteroatoms. The Bertz CT molecular complexity index is 983. The van der Waals surface area contributed by atoms with Crippen molar-refractivity contribution in [1.29, 1.82) is 0 Å². The summed E-state index contributed by atoms with van der Waals surface area (Å²) in [6, 6.07) is 8.86. The summed E-state index contributed by atoms with van der Waals surface area (Å²) in [6.45, 7) is 0.615. The van der Waals surface area contributed by atoms with Crippen LogP contribution in [0.3, 0.4) is 0 Å². The first-order chi connectivity index (χ1) is 12.5. The van der Waals surface area contributed by atoms with Crippen LogP contribution in [0.25, 0.3) is 11.3 Å². The van der Waals surface area contributed by atoms with Gasteiger partial charge < -0.3 is 9.42 Å². The molecule has 0 unspecified atom stereocenters. The lowest BCUT2D eigenvalue weighted by molar-refractivity contribution is 0.0734. The molecule has 0 saturated carbocycles. The number of hydrogen-bond acceptors (Lipinski definition) is 3. The summed E-state index contributed by atoms with van der Waals surface area (Å²) in [5.41, 5.74) is 2.20. The number of fused-ring (bicyclic) bond motifs is 1. The highest BCUT2D eigenvalue weighted by atomic mass is 19.2. The van der Waals surface area contributed by atoms with Gasteiger partial charge in [-0.1, -0.05) is 5.16 Å². The average molecular weight is 358 g/mol. The first-order valence-electron chi connectivity index (χ1n) is 8.00. The number of amides is 1. The van der Waals surface area contributed by atoms with Gasteiger partial charge in [0.1, 0.15) is 5.82 Å². The van der Waals surface area contributed by atoms with Crippen molar-refractivity contribution in [2.75, 3.05) is 6.54 Å². The number of rotatable bonds is 2. The van der Waals surface area contributed by atoms with Crippen molar-refractivity contribution in [2.24, 2.45) is 0 Å². The van der Waals surface area contributed by atoms with E-state index in [2.05, 4.69) is 5.16 Å². The van der Waals surface area contributed by atoms with Crippen molar-refractivity contribution < 1.29 is 22.5 Å². The van der Waals surface area contributed by atoms with Crippen LogP contribution in [0.15, 0.2) is 47.0 Å². The Balaban J connectivity index is 1.63. The van der Waals surface area contributed by atoms with Gasteiger partial charge >= 0.3 is 0 Å². The number of hydrogen-bond donors (Lipinski definition) is 0. The topological polar surface area (TPSA) is 46.3 Å². The van der Waals surface area contributed by atoms with E-state index in [1.54, 1.807) is 12.1 Å². The van der Waals surface area contributed by atoms with Crippen LogP contribution >= 0.6 is 0 Å². The van der Waals surface area contributed by atoms with E-state index in [9.17, 15) is 18.0 Å². The molecular weight excluding hydrogens is 345 g/mol. The van der Waals surface area contributed by atoms with E-state index < -0.39 is 17.5 Å². The Morgan fingerprint density at radius 3 is 2.54 bits per heavy atom. The van der Waals surface area contributed by atoms with Gasteiger partial charge in [-0.15, -0.1) is 0 Å². The van der Waals surface area contributed by atoms with Crippen LogP contribution in [0, 0.1) is 17.5 Å². The molecular formula is C19H13F3N2O2. The Hall–Kier alpha value is -3.09. The van der Waals surface area contributed by atoms with Crippen molar-refractivity contribution >= 4 is 5.91 Å². The highest BCUT2D eigenvalue weighted by Crippen LogP contribution is 2.31. The van der Waals surface area contributed by atoms with Crippen LogP contribution in [0.2, 0.25) is 0 Å². The SMILES string of the molecule is O=C(c1ccc(F)c(F)c1)N1CCc2noc(-c3ccc(F)cc3)c2C1. The number of benzene rings is 2. The van der Waals surface area contributed by atoms with E-state index in [0.717, 1.165) is 23.4 Å². The quantitative estimate of drug-likeness (QED) is 0.697. The fourth-order valence-corrected chi connectivity index (χ4v) is 3.03. The Kier molecular flexibility index (Phi) is 3.99. The maximum absolute atomic E-state index is 13.4. The maximum Gasteiger partial charge on any atom is 0.254 e. The zero-order valence-electron chi connectivity index (χ0n) is 13.5. The standard InChI is InChI=1S/C19H13F3N2O2/c20-13-4-1-11(2-5-13)18-14-10-24(8-7-17(14)23-26-18)19(25)12-3-6-15(21)16(22)9-12/h1-6,9H,7-8,10H2. The summed E-state index contributed by atoms with van der Waals surface area (Å²) >= 11 is 0. The third kappa shape index (κ3) is 2.85. The predicted molar refractivity (Wildman–Crippen MR) is 86.7 cm³/mol. The predicted octanol–water partition coefficient (Wildman–Crippen LogP) is 3.96. The molecule has 3 aromatic rings. The summed E-state index contributed by atoms with van der Waals surface area (Å²) < 4.78 is 45.0. The van der Waals surface area contributed by atoms with Crippen LogP contribution in [-0.4, -0.2) is 22.5 Å². The molecule has 1 aromatic heterocycles. The van der Waals surface area contributed by atoms with Crippen molar-refractivity contribution in [2.45, 2.75) is 13.0 Å². The molecule has 26 heavy (non-hydrogen) atoms. The van der Waals surface area contributed by atoms with Crippen LogP contribution in [-0.2, 0) is 13.0 Å². The molecule has 0 radical (unpaired) electrons. The molecule has 4 nitrogen and oxygen atoms in total. The fraction of sp³-hybridized carbons (Fsp3) is 0.158. The van der Waals surface area contributed by atoms with E-state index in [1.807, 2.05) is 0 Å². The molecule has 2 heterocycles. The largest absolute Gasteiger partial charge is 0.356 e. The van der Waals surface area contributed by atoms with Crippen LogP contribution in [0.1, 0.15) is 21.6 Å². The monoisotopic (exact) mass is 358 g/mol. The van der Waals surface area contributed by atoms with Crippen molar-refractivity contribution in [3.8, 4) is 11.3 Å². The molecule has 4 rings (SSSR count). The normalized spacial score (nSPS) is 13.6. The zero-order chi connectivity index (χ0) is 18.3. The van der Waals surface area contributed by atoms with Crippen LogP contribution in [0.5, 0.6) is 0 Å². The summed E-state index contributed by atoms with van der Waals surface area (Å²) in [6.07, 6.45) is 0.482. The molecule has 1 aliphatic heterocycles. The maximum atomic E-state index is 13.4. The Morgan fingerprint density at radius 2 is 1.81 bits per heavy atom. The van der Waals surface area contributed by atoms with Gasteiger partial charge in [-0.25, -0.2) is 13.2 Å². The minimum atomic E-state index is -1.06. The molecule has 0 atom stereocenters. The lowest BCUT2D eigenvalue weighted by atomic mass is 10.0. The molecule has 0 spiro atoms. The second-order valence-corrected chi connectivity index (χ2v) is 6.05. The number of halogens is 3. The summed E-state index contributed by atoms with van der Waals surface area (Å²) in [5.74, 6) is -2.36. The van der Waals surface area contributed by atoms with E-state index in [4.69, 9.17) is 4.52 Å². The highest BCUT2D eigenvalue weighted by molar-refractivity contribution is 5.94. The third-order valence-electron chi connectivity index (χ3n) is 4.40. The molecule has 2 aromatic carbocycles. The third-order valence-corrected chi connectivity index (χ3v) is 4.40. The molecule has 132 valence electrons. The van der Waals surface area contributed by atoms with Gasteiger partial charge in [0.2, 0.25) is 0 Å². The van der Waals surface area contributed by atoms with E-state index >= 15 is 0 Å². The van der Waals surface area contributed by atoms with Crippen LogP contribution in [0.4, 0.5) is 13.2 Å². The smallest absolute Gasteiger partial charge is 0.254 e. The molecule has 0 N–H and O–H groups in total. The number of carbonyl (C=O) groups is 1. The number of aromatic nitrogens is 1. The van der Waals surface area contributed by atoms with Crippen molar-refractivity contribution in [3.63, 3.8) is 0 Å². The molecule has 0 saturated heterocycles. The summed E-state index contributed by atoms with van der Waals surface area (Å²) in [4.78, 5) is 14.2. The Labute approximate surface area is 146 Å². The number of carbonyl (C=O) groups excluding carboxylic acids is 1. The first kappa shape index (κ1) is 16.4. The van der Waals surface area contributed by atoms with E-state index in [1.165, 1.54) is 23.1 Å². The van der Waals surface area contributed by atoms with E-state index in [-0.39, 0.29) is 17.9 Å². The lowest BCUT2D eigenvalue weighted by Gasteiger charge is -2.26. The molecule has 0 aliphatic carbocycles. The minimum absolute atomic E-state index is 0.0761. The van der Waals surface area contributed by atoms with Crippen LogP contribution < -0.4 is 0 Å². The number of nitrogens with zero attached hydrogens (tertiary/aromatic N) is 2. The summed E-state index contributed by atoms with van der Waals surface area (Å²) in [5, 5.41) is 4.03. The van der Waals surface area contributed by atoms with Gasteiger partial charge in [0.15, 0.2) is 17.4 Å². The lowest BCUT2D eigenvalue weighted by Crippen LogP contribution is -2.36. The van der Waals surface area contributed by atoms with Gasteiger partial charge in [0.05, 0.1) is 12.2 Å². The van der Waals surface area contributed by atoms with Gasteiger partial charge in [-0.2, -0.15) is 0 Å². The molecule has 0 bridgehead atoms. The van der Waals surface area contributed by atoms with Gasteiger partial charge in [0, 0.05) is 29.7 Å². The summed E-state index contributed by atoms with van der Waals surface area (Å²) in [7, 11) is 0. The fourth-order valence-electron chi connectivity index (χ4n) is 3.03. The van der Waals surface area contributed by atoms with Gasteiger partial charge in [-0.3, -0.25) is 4.79 Å². The second kappa shape index (κ2) is 6.33. The second-order valence-electron chi connectivity index (χ2n) is 6.05. The van der Waals surface area contributed by atoms with Crippen molar-refractivity contribution in [3.05, 3.63) is 76.7 Å². The minimum Gasteiger partial charge on any atom is -0.356 e. The Morgan fingerprint density at radius 1 is 1.04 bits per heavy atom. The zero-order valence-corrected chi connectivity index (χ0v) is 13.5. The molecule has 1 amide bonds. The molecule has 1 aliphatic rings. The van der Waals surface area contributed by atoms with Gasteiger partial charge in [-0.05, 0) is 42.5 Å². The van der Waals surface area contributed by atoms with E-state index in [0.29, 0.717) is 24.3 Å². The van der Waals surface area contributed by atoms with Crippen molar-refractivity contribution in [1.82, 2.24) is 10.1 Å².